The number of esters is 1. The minimum absolute atomic E-state index is 0.322. The van der Waals surface area contributed by atoms with Crippen LogP contribution in [-0.2, 0) is 9.53 Å². The molecule has 0 unspecified atom stereocenters. The van der Waals surface area contributed by atoms with E-state index in [2.05, 4.69) is 13.8 Å². The SMILES string of the molecule is CCOC(=O)/C=C/c1ccc(OCC(C)C)cc1. The lowest BCUT2D eigenvalue weighted by molar-refractivity contribution is -0.137. The van der Waals surface area contributed by atoms with Crippen LogP contribution in [0, 0.1) is 5.92 Å². The maximum absolute atomic E-state index is 11.1. The van der Waals surface area contributed by atoms with Gasteiger partial charge in [0.1, 0.15) is 5.75 Å². The van der Waals surface area contributed by atoms with Crippen LogP contribution in [0.25, 0.3) is 6.08 Å². The number of hydrogen-bond acceptors (Lipinski definition) is 3. The van der Waals surface area contributed by atoms with E-state index in [1.807, 2.05) is 24.3 Å². The van der Waals surface area contributed by atoms with Gasteiger partial charge in [0.2, 0.25) is 0 Å². The van der Waals surface area contributed by atoms with Crippen LogP contribution in [0.3, 0.4) is 0 Å². The van der Waals surface area contributed by atoms with Gasteiger partial charge in [-0.25, -0.2) is 4.79 Å². The Morgan fingerprint density at radius 3 is 2.50 bits per heavy atom. The van der Waals surface area contributed by atoms with Gasteiger partial charge in [-0.3, -0.25) is 0 Å². The van der Waals surface area contributed by atoms with Gasteiger partial charge in [0.15, 0.2) is 0 Å². The normalized spacial score (nSPS) is 10.9. The second-order valence-electron chi connectivity index (χ2n) is 4.36. The summed E-state index contributed by atoms with van der Waals surface area (Å²) in [6, 6.07) is 7.61. The molecule has 1 rings (SSSR count). The van der Waals surface area contributed by atoms with Crippen molar-refractivity contribution >= 4 is 12.0 Å². The Kier molecular flexibility index (Phi) is 5.98. The monoisotopic (exact) mass is 248 g/mol. The van der Waals surface area contributed by atoms with Crippen LogP contribution in [0.5, 0.6) is 5.75 Å². The molecule has 1 aromatic rings. The first-order valence-electron chi connectivity index (χ1n) is 6.19. The summed E-state index contributed by atoms with van der Waals surface area (Å²) in [6.07, 6.45) is 3.15. The van der Waals surface area contributed by atoms with Crippen molar-refractivity contribution in [2.45, 2.75) is 20.8 Å². The molecule has 0 aromatic heterocycles. The first kappa shape index (κ1) is 14.3. The van der Waals surface area contributed by atoms with E-state index < -0.39 is 0 Å². The Labute approximate surface area is 108 Å². The first-order chi connectivity index (χ1) is 8.61. The molecule has 0 aliphatic rings. The van der Waals surface area contributed by atoms with E-state index in [1.165, 1.54) is 6.08 Å². The van der Waals surface area contributed by atoms with Crippen LogP contribution in [0.4, 0.5) is 0 Å². The molecular weight excluding hydrogens is 228 g/mol. The largest absolute Gasteiger partial charge is 0.493 e. The van der Waals surface area contributed by atoms with Crippen molar-refractivity contribution in [1.29, 1.82) is 0 Å². The van der Waals surface area contributed by atoms with E-state index >= 15 is 0 Å². The molecule has 3 heteroatoms. The minimum Gasteiger partial charge on any atom is -0.493 e. The Bertz CT molecular complexity index is 391. The summed E-state index contributed by atoms with van der Waals surface area (Å²) in [4.78, 5) is 11.1. The smallest absolute Gasteiger partial charge is 0.330 e. The third-order valence-electron chi connectivity index (χ3n) is 2.16. The molecule has 3 nitrogen and oxygen atoms in total. The molecular formula is C15H20O3. The highest BCUT2D eigenvalue weighted by Crippen LogP contribution is 2.14. The summed E-state index contributed by atoms with van der Waals surface area (Å²) in [5.41, 5.74) is 0.944. The van der Waals surface area contributed by atoms with E-state index in [-0.39, 0.29) is 5.97 Å². The van der Waals surface area contributed by atoms with Gasteiger partial charge >= 0.3 is 5.97 Å². The summed E-state index contributed by atoms with van der Waals surface area (Å²) < 4.78 is 10.4. The van der Waals surface area contributed by atoms with E-state index in [0.29, 0.717) is 19.1 Å². The fraction of sp³-hybridized carbons (Fsp3) is 0.400. The van der Waals surface area contributed by atoms with Gasteiger partial charge in [0, 0.05) is 6.08 Å². The average Bonchev–Trinajstić information content (AvgIpc) is 2.35. The first-order valence-corrected chi connectivity index (χ1v) is 6.19. The highest BCUT2D eigenvalue weighted by atomic mass is 16.5. The number of ether oxygens (including phenoxy) is 2. The van der Waals surface area contributed by atoms with Gasteiger partial charge < -0.3 is 9.47 Å². The fourth-order valence-electron chi connectivity index (χ4n) is 1.29. The summed E-state index contributed by atoms with van der Waals surface area (Å²) >= 11 is 0. The van der Waals surface area contributed by atoms with Crippen LogP contribution >= 0.6 is 0 Å². The zero-order chi connectivity index (χ0) is 13.4. The predicted octanol–water partition coefficient (Wildman–Crippen LogP) is 3.30. The van der Waals surface area contributed by atoms with Crippen LogP contribution < -0.4 is 4.74 Å². The zero-order valence-corrected chi connectivity index (χ0v) is 11.2. The lowest BCUT2D eigenvalue weighted by atomic mass is 10.2. The molecule has 0 saturated carbocycles. The summed E-state index contributed by atoms with van der Waals surface area (Å²) in [5, 5.41) is 0. The van der Waals surface area contributed by atoms with E-state index in [9.17, 15) is 4.79 Å². The van der Waals surface area contributed by atoms with Crippen molar-refractivity contribution in [2.24, 2.45) is 5.92 Å². The second kappa shape index (κ2) is 7.54. The maximum atomic E-state index is 11.1. The lowest BCUT2D eigenvalue weighted by Crippen LogP contribution is -2.04. The van der Waals surface area contributed by atoms with Crippen molar-refractivity contribution in [3.8, 4) is 5.75 Å². The number of carbonyl (C=O) groups excluding carboxylic acids is 1. The summed E-state index contributed by atoms with van der Waals surface area (Å²) in [5.74, 6) is 1.03. The Hall–Kier alpha value is -1.77. The molecule has 0 fully saturated rings. The third kappa shape index (κ3) is 5.53. The lowest BCUT2D eigenvalue weighted by Gasteiger charge is -2.08. The number of rotatable bonds is 6. The van der Waals surface area contributed by atoms with Crippen LogP contribution in [0.1, 0.15) is 26.3 Å². The van der Waals surface area contributed by atoms with Gasteiger partial charge in [-0.1, -0.05) is 26.0 Å². The highest BCUT2D eigenvalue weighted by molar-refractivity contribution is 5.87. The van der Waals surface area contributed by atoms with E-state index in [4.69, 9.17) is 9.47 Å². The Morgan fingerprint density at radius 2 is 1.94 bits per heavy atom. The van der Waals surface area contributed by atoms with Crippen molar-refractivity contribution in [3.63, 3.8) is 0 Å². The molecule has 1 aromatic carbocycles. The number of carbonyl (C=O) groups is 1. The second-order valence-corrected chi connectivity index (χ2v) is 4.36. The number of benzene rings is 1. The minimum atomic E-state index is -0.322. The molecule has 18 heavy (non-hydrogen) atoms. The van der Waals surface area contributed by atoms with Gasteiger partial charge in [-0.15, -0.1) is 0 Å². The molecule has 0 bridgehead atoms. The third-order valence-corrected chi connectivity index (χ3v) is 2.16. The van der Waals surface area contributed by atoms with Gasteiger partial charge in [-0.2, -0.15) is 0 Å². The van der Waals surface area contributed by atoms with E-state index in [0.717, 1.165) is 11.3 Å². The molecule has 0 aliphatic carbocycles. The fourth-order valence-corrected chi connectivity index (χ4v) is 1.29. The van der Waals surface area contributed by atoms with Crippen molar-refractivity contribution in [3.05, 3.63) is 35.9 Å². The highest BCUT2D eigenvalue weighted by Gasteiger charge is 1.97. The molecule has 0 aliphatic heterocycles. The molecule has 0 heterocycles. The summed E-state index contributed by atoms with van der Waals surface area (Å²) in [7, 11) is 0. The summed E-state index contributed by atoms with van der Waals surface area (Å²) in [6.45, 7) is 7.10. The number of hydrogen-bond donors (Lipinski definition) is 0. The van der Waals surface area contributed by atoms with Gasteiger partial charge in [0.05, 0.1) is 13.2 Å². The van der Waals surface area contributed by atoms with Crippen LogP contribution in [0.15, 0.2) is 30.3 Å². The molecule has 98 valence electrons. The van der Waals surface area contributed by atoms with E-state index in [1.54, 1.807) is 13.0 Å². The topological polar surface area (TPSA) is 35.5 Å². The van der Waals surface area contributed by atoms with Crippen LogP contribution in [-0.4, -0.2) is 19.2 Å². The zero-order valence-electron chi connectivity index (χ0n) is 11.2. The average molecular weight is 248 g/mol. The maximum Gasteiger partial charge on any atom is 0.330 e. The molecule has 0 radical (unpaired) electrons. The quantitative estimate of drug-likeness (QED) is 0.572. The predicted molar refractivity (Wildman–Crippen MR) is 72.4 cm³/mol. The van der Waals surface area contributed by atoms with Crippen molar-refractivity contribution < 1.29 is 14.3 Å². The van der Waals surface area contributed by atoms with Gasteiger partial charge in [-0.05, 0) is 36.6 Å². The molecule has 0 N–H and O–H groups in total. The van der Waals surface area contributed by atoms with Crippen LogP contribution in [0.2, 0.25) is 0 Å². The standard InChI is InChI=1S/C15H20O3/c1-4-17-15(16)10-7-13-5-8-14(9-6-13)18-11-12(2)3/h5-10,12H,4,11H2,1-3H3/b10-7+. The van der Waals surface area contributed by atoms with Crippen molar-refractivity contribution in [2.75, 3.05) is 13.2 Å². The molecule has 0 spiro atoms. The molecule has 0 saturated heterocycles. The Balaban J connectivity index is 2.52. The Morgan fingerprint density at radius 1 is 1.28 bits per heavy atom. The molecule has 0 amide bonds. The van der Waals surface area contributed by atoms with Gasteiger partial charge in [0.25, 0.3) is 0 Å². The molecule has 0 atom stereocenters. The van der Waals surface area contributed by atoms with Crippen molar-refractivity contribution in [1.82, 2.24) is 0 Å².